The molecule has 2 aromatic carbocycles. The van der Waals surface area contributed by atoms with E-state index >= 15 is 0 Å². The number of aliphatic hydroxyl groups excluding tert-OH is 4. The van der Waals surface area contributed by atoms with E-state index in [2.05, 4.69) is 5.92 Å². The van der Waals surface area contributed by atoms with Crippen molar-refractivity contribution in [3.8, 4) is 18.1 Å². The highest BCUT2D eigenvalue weighted by Gasteiger charge is 2.44. The van der Waals surface area contributed by atoms with Gasteiger partial charge in [0, 0.05) is 12.7 Å². The van der Waals surface area contributed by atoms with Gasteiger partial charge in [0.1, 0.15) is 11.9 Å². The molecule has 0 aromatic heterocycles. The normalized spacial score (nSPS) is 25.3. The molecular weight excluding hydrogens is 428 g/mol. The first-order valence-electron chi connectivity index (χ1n) is 10.6. The van der Waals surface area contributed by atoms with Crippen molar-refractivity contribution in [3.63, 3.8) is 0 Å². The number of hydrogen-bond acceptors (Lipinski definition) is 7. The van der Waals surface area contributed by atoms with Gasteiger partial charge in [-0.25, -0.2) is 0 Å². The molecule has 0 amide bonds. The summed E-state index contributed by atoms with van der Waals surface area (Å²) >= 11 is 1.25. The summed E-state index contributed by atoms with van der Waals surface area (Å²) in [4.78, 5) is 0. The molecule has 5 atom stereocenters. The molecule has 1 aliphatic heterocycles. The van der Waals surface area contributed by atoms with Gasteiger partial charge in [0.15, 0.2) is 0 Å². The summed E-state index contributed by atoms with van der Waals surface area (Å²) in [6, 6.07) is 11.6. The fourth-order valence-corrected chi connectivity index (χ4v) is 5.46. The van der Waals surface area contributed by atoms with E-state index < -0.39 is 28.8 Å². The minimum Gasteiger partial charge on any atom is -0.494 e. The Morgan fingerprint density at radius 2 is 1.75 bits per heavy atom. The van der Waals surface area contributed by atoms with Crippen molar-refractivity contribution in [3.05, 3.63) is 64.2 Å². The molecule has 3 rings (SSSR count). The first-order chi connectivity index (χ1) is 15.4. The Morgan fingerprint density at radius 1 is 1.03 bits per heavy atom. The van der Waals surface area contributed by atoms with Gasteiger partial charge in [-0.05, 0) is 53.8 Å². The maximum Gasteiger partial charge on any atom is 0.119 e. The highest BCUT2D eigenvalue weighted by molar-refractivity contribution is 8.00. The second kappa shape index (κ2) is 11.2. The molecule has 1 heterocycles. The van der Waals surface area contributed by atoms with Gasteiger partial charge in [-0.1, -0.05) is 24.1 Å². The lowest BCUT2D eigenvalue weighted by Crippen LogP contribution is -2.51. The summed E-state index contributed by atoms with van der Waals surface area (Å²) in [5.74, 6) is 3.54. The molecule has 0 saturated carbocycles. The predicted molar refractivity (Wildman–Crippen MR) is 125 cm³/mol. The van der Waals surface area contributed by atoms with Gasteiger partial charge in [-0.2, -0.15) is 0 Å². The maximum atomic E-state index is 10.7. The van der Waals surface area contributed by atoms with Crippen molar-refractivity contribution in [1.82, 2.24) is 0 Å². The molecule has 6 nitrogen and oxygen atoms in total. The van der Waals surface area contributed by atoms with Gasteiger partial charge in [-0.3, -0.25) is 0 Å². The summed E-state index contributed by atoms with van der Waals surface area (Å²) in [5, 5.41) is 39.8. The standard InChI is InChI=1S/C25H30O6S/c1-4-16-11-18(14-30-3)20(25-24(29)23(28)22(27)21(13-26)32-25)12-17(16)10-15-6-8-19(9-7-15)31-5-2/h1,6-9,11-12,21-29H,5,10,13-14H2,2-3H3/t21?,22-,23+,24-,25+/m1/s1. The lowest BCUT2D eigenvalue weighted by Gasteiger charge is -2.40. The SMILES string of the molecule is C#Cc1cc(COC)c([C@@H]2SC(CO)[C@@H](O)[C@H](O)[C@H]2O)cc1Cc1ccc(OCC)cc1. The topological polar surface area (TPSA) is 99.4 Å². The van der Waals surface area contributed by atoms with E-state index in [0.717, 1.165) is 33.6 Å². The summed E-state index contributed by atoms with van der Waals surface area (Å²) in [6.07, 6.45) is 2.60. The van der Waals surface area contributed by atoms with Crippen molar-refractivity contribution in [2.75, 3.05) is 20.3 Å². The van der Waals surface area contributed by atoms with Gasteiger partial charge < -0.3 is 29.9 Å². The van der Waals surface area contributed by atoms with Crippen LogP contribution in [0.5, 0.6) is 5.75 Å². The maximum absolute atomic E-state index is 10.7. The smallest absolute Gasteiger partial charge is 0.119 e. The van der Waals surface area contributed by atoms with Crippen LogP contribution in [-0.2, 0) is 17.8 Å². The van der Waals surface area contributed by atoms with Crippen LogP contribution in [0.15, 0.2) is 36.4 Å². The molecule has 0 spiro atoms. The Hall–Kier alpha value is -2.05. The molecule has 1 fully saturated rings. The molecule has 0 radical (unpaired) electrons. The number of rotatable bonds is 8. The minimum atomic E-state index is -1.37. The molecule has 32 heavy (non-hydrogen) atoms. The number of hydrogen-bond donors (Lipinski definition) is 4. The first-order valence-corrected chi connectivity index (χ1v) is 11.5. The molecule has 2 aromatic rings. The number of benzene rings is 2. The minimum absolute atomic E-state index is 0.277. The van der Waals surface area contributed by atoms with Crippen LogP contribution in [0.4, 0.5) is 0 Å². The molecule has 1 saturated heterocycles. The van der Waals surface area contributed by atoms with Crippen molar-refractivity contribution in [2.45, 2.75) is 48.8 Å². The summed E-state index contributed by atoms with van der Waals surface area (Å²) in [5.41, 5.74) is 4.25. The summed E-state index contributed by atoms with van der Waals surface area (Å²) < 4.78 is 10.9. The highest BCUT2D eigenvalue weighted by Crippen LogP contribution is 2.45. The lowest BCUT2D eigenvalue weighted by molar-refractivity contribution is -0.0701. The van der Waals surface area contributed by atoms with Crippen molar-refractivity contribution in [1.29, 1.82) is 0 Å². The van der Waals surface area contributed by atoms with E-state index in [0.29, 0.717) is 13.0 Å². The largest absolute Gasteiger partial charge is 0.494 e. The molecule has 1 aliphatic rings. The monoisotopic (exact) mass is 458 g/mol. The molecule has 0 bridgehead atoms. The van der Waals surface area contributed by atoms with Gasteiger partial charge in [0.05, 0.1) is 42.5 Å². The van der Waals surface area contributed by atoms with E-state index in [1.807, 2.05) is 43.3 Å². The molecule has 1 unspecified atom stereocenters. The first kappa shape index (κ1) is 24.6. The van der Waals surface area contributed by atoms with Gasteiger partial charge >= 0.3 is 0 Å². The van der Waals surface area contributed by atoms with E-state index in [4.69, 9.17) is 15.9 Å². The fraction of sp³-hybridized carbons (Fsp3) is 0.440. The number of aliphatic hydroxyl groups is 4. The second-order valence-corrected chi connectivity index (χ2v) is 9.17. The highest BCUT2D eigenvalue weighted by atomic mass is 32.2. The van der Waals surface area contributed by atoms with E-state index in [1.54, 1.807) is 7.11 Å². The zero-order valence-corrected chi connectivity index (χ0v) is 19.1. The third-order valence-electron chi connectivity index (χ3n) is 5.65. The zero-order chi connectivity index (χ0) is 23.3. The van der Waals surface area contributed by atoms with Crippen LogP contribution in [-0.4, -0.2) is 64.3 Å². The van der Waals surface area contributed by atoms with Crippen LogP contribution < -0.4 is 4.74 Å². The zero-order valence-electron chi connectivity index (χ0n) is 18.3. The second-order valence-electron chi connectivity index (χ2n) is 7.79. The fourth-order valence-electron chi connectivity index (χ4n) is 3.98. The third-order valence-corrected chi connectivity index (χ3v) is 7.25. The van der Waals surface area contributed by atoms with Crippen LogP contribution in [0.3, 0.4) is 0 Å². The lowest BCUT2D eigenvalue weighted by atomic mass is 9.89. The van der Waals surface area contributed by atoms with Crippen molar-refractivity contribution < 1.29 is 29.9 Å². The van der Waals surface area contributed by atoms with Crippen LogP contribution in [0.25, 0.3) is 0 Å². The van der Waals surface area contributed by atoms with Crippen LogP contribution in [0, 0.1) is 12.3 Å². The Balaban J connectivity index is 2.00. The van der Waals surface area contributed by atoms with Crippen LogP contribution >= 0.6 is 11.8 Å². The van der Waals surface area contributed by atoms with E-state index in [9.17, 15) is 20.4 Å². The summed E-state index contributed by atoms with van der Waals surface area (Å²) in [7, 11) is 1.58. The molecule has 4 N–H and O–H groups in total. The van der Waals surface area contributed by atoms with E-state index in [1.165, 1.54) is 11.8 Å². The number of terminal acetylenes is 1. The van der Waals surface area contributed by atoms with Crippen molar-refractivity contribution in [2.24, 2.45) is 0 Å². The number of methoxy groups -OCH3 is 1. The molecular formula is C25H30O6S. The molecule has 0 aliphatic carbocycles. The van der Waals surface area contributed by atoms with Crippen LogP contribution in [0.1, 0.15) is 40.0 Å². The third kappa shape index (κ3) is 5.29. The Bertz CT molecular complexity index is 937. The van der Waals surface area contributed by atoms with Crippen molar-refractivity contribution >= 4 is 11.8 Å². The van der Waals surface area contributed by atoms with Crippen LogP contribution in [0.2, 0.25) is 0 Å². The van der Waals surface area contributed by atoms with Gasteiger partial charge in [0.2, 0.25) is 0 Å². The van der Waals surface area contributed by atoms with Gasteiger partial charge in [-0.15, -0.1) is 18.2 Å². The van der Waals surface area contributed by atoms with Gasteiger partial charge in [0.25, 0.3) is 0 Å². The average Bonchev–Trinajstić information content (AvgIpc) is 2.80. The number of thioether (sulfide) groups is 1. The molecule has 7 heteroatoms. The predicted octanol–water partition coefficient (Wildman–Crippen LogP) is 2.04. The Morgan fingerprint density at radius 3 is 2.34 bits per heavy atom. The Labute approximate surface area is 193 Å². The summed E-state index contributed by atoms with van der Waals surface area (Å²) in [6.45, 7) is 2.50. The average molecular weight is 459 g/mol. The quantitative estimate of drug-likeness (QED) is 0.449. The molecule has 172 valence electrons. The number of ether oxygens (including phenoxy) is 2. The van der Waals surface area contributed by atoms with E-state index in [-0.39, 0.29) is 13.2 Å². The Kier molecular flexibility index (Phi) is 8.60.